The molecule has 1 aromatic heterocycles. The zero-order valence-corrected chi connectivity index (χ0v) is 16.8. The van der Waals surface area contributed by atoms with Crippen molar-refractivity contribution in [1.82, 2.24) is 14.3 Å². The van der Waals surface area contributed by atoms with E-state index in [4.69, 9.17) is 16.7 Å². The molecular formula is C22H30ClN3O. The first-order valence-corrected chi connectivity index (χ1v) is 11.8. The van der Waals surface area contributed by atoms with Crippen molar-refractivity contribution < 1.29 is 0 Å². The van der Waals surface area contributed by atoms with Crippen molar-refractivity contribution in [2.24, 2.45) is 35.5 Å². The molecule has 0 N–H and O–H groups in total. The third-order valence-electron chi connectivity index (χ3n) is 9.67. The quantitative estimate of drug-likeness (QED) is 0.746. The minimum absolute atomic E-state index is 0.0243. The van der Waals surface area contributed by atoms with Crippen LogP contribution in [0.3, 0.4) is 0 Å². The number of halogens is 1. The maximum absolute atomic E-state index is 13.8. The van der Waals surface area contributed by atoms with Gasteiger partial charge in [-0.3, -0.25) is 4.57 Å². The highest BCUT2D eigenvalue weighted by molar-refractivity contribution is 6.28. The Labute approximate surface area is 165 Å². The largest absolute Gasteiger partial charge is 0.347 e. The van der Waals surface area contributed by atoms with E-state index in [2.05, 4.69) is 0 Å². The lowest BCUT2D eigenvalue weighted by atomic mass is 9.53. The lowest BCUT2D eigenvalue weighted by Gasteiger charge is -2.57. The SMILES string of the molecule is O=c1n(C23CC4CC(CC(C4)C2)C3)nc(Cl)n1C12CC3CC(CC(C3)C1)C2. The number of nitrogens with zero attached hydrogens (tertiary/aromatic N) is 3. The first-order chi connectivity index (χ1) is 13.0. The Bertz CT molecular complexity index is 797. The van der Waals surface area contributed by atoms with Crippen molar-refractivity contribution in [3.63, 3.8) is 0 Å². The summed E-state index contributed by atoms with van der Waals surface area (Å²) in [7, 11) is 0. The van der Waals surface area contributed by atoms with Crippen LogP contribution < -0.4 is 5.69 Å². The molecule has 0 aliphatic heterocycles. The van der Waals surface area contributed by atoms with E-state index in [1.807, 2.05) is 9.25 Å². The number of hydrogen-bond acceptors (Lipinski definition) is 2. The average molecular weight is 388 g/mol. The van der Waals surface area contributed by atoms with Crippen LogP contribution in [0, 0.1) is 35.5 Å². The van der Waals surface area contributed by atoms with Gasteiger partial charge in [0.1, 0.15) is 0 Å². The van der Waals surface area contributed by atoms with Crippen LogP contribution in [0.1, 0.15) is 77.0 Å². The van der Waals surface area contributed by atoms with Gasteiger partial charge < -0.3 is 0 Å². The van der Waals surface area contributed by atoms with Crippen molar-refractivity contribution in [1.29, 1.82) is 0 Å². The highest BCUT2D eigenvalue weighted by Crippen LogP contribution is 2.60. The number of aromatic nitrogens is 3. The Balaban J connectivity index is 1.34. The Morgan fingerprint density at radius 3 is 1.48 bits per heavy atom. The van der Waals surface area contributed by atoms with Gasteiger partial charge in [-0.25, -0.2) is 9.48 Å². The molecule has 146 valence electrons. The van der Waals surface area contributed by atoms with Crippen LogP contribution in [0.25, 0.3) is 0 Å². The fourth-order valence-corrected chi connectivity index (χ4v) is 10.0. The molecule has 8 aliphatic rings. The molecule has 5 heteroatoms. The lowest BCUT2D eigenvalue weighted by Crippen LogP contribution is -2.58. The van der Waals surface area contributed by atoms with E-state index in [1.165, 1.54) is 38.5 Å². The summed E-state index contributed by atoms with van der Waals surface area (Å²) in [4.78, 5) is 13.8. The van der Waals surface area contributed by atoms with E-state index in [0.29, 0.717) is 5.28 Å². The van der Waals surface area contributed by atoms with E-state index in [9.17, 15) is 4.79 Å². The minimum atomic E-state index is -0.0248. The molecule has 0 atom stereocenters. The summed E-state index contributed by atoms with van der Waals surface area (Å²) < 4.78 is 3.91. The van der Waals surface area contributed by atoms with E-state index in [1.54, 1.807) is 0 Å². The molecule has 0 aromatic carbocycles. The maximum atomic E-state index is 13.8. The molecule has 0 radical (unpaired) electrons. The highest BCUT2D eigenvalue weighted by atomic mass is 35.5. The molecule has 1 aromatic rings. The molecule has 1 heterocycles. The van der Waals surface area contributed by atoms with Gasteiger partial charge in [0, 0.05) is 0 Å². The molecule has 27 heavy (non-hydrogen) atoms. The number of rotatable bonds is 2. The Morgan fingerprint density at radius 2 is 1.07 bits per heavy atom. The Kier molecular flexibility index (Phi) is 3.00. The molecule has 4 nitrogen and oxygen atoms in total. The summed E-state index contributed by atoms with van der Waals surface area (Å²) in [6.45, 7) is 0. The van der Waals surface area contributed by atoms with Gasteiger partial charge in [-0.05, 0) is 124 Å². The smallest absolute Gasteiger partial charge is 0.259 e. The minimum Gasteiger partial charge on any atom is -0.259 e. The molecule has 8 bridgehead atoms. The second kappa shape index (κ2) is 5.04. The third-order valence-corrected chi connectivity index (χ3v) is 9.92. The van der Waals surface area contributed by atoms with E-state index in [0.717, 1.165) is 74.0 Å². The normalized spacial score (nSPS) is 52.0. The molecule has 8 aliphatic carbocycles. The predicted molar refractivity (Wildman–Crippen MR) is 104 cm³/mol. The van der Waals surface area contributed by atoms with Gasteiger partial charge in [0.2, 0.25) is 5.28 Å². The number of hydrogen-bond donors (Lipinski definition) is 0. The second-order valence-electron chi connectivity index (χ2n) is 11.6. The van der Waals surface area contributed by atoms with Gasteiger partial charge in [-0.2, -0.15) is 0 Å². The second-order valence-corrected chi connectivity index (χ2v) is 11.9. The zero-order chi connectivity index (χ0) is 18.0. The van der Waals surface area contributed by atoms with Crippen molar-refractivity contribution in [2.45, 2.75) is 88.1 Å². The van der Waals surface area contributed by atoms with Gasteiger partial charge in [0.15, 0.2) is 0 Å². The van der Waals surface area contributed by atoms with Gasteiger partial charge in [0.05, 0.1) is 11.1 Å². The van der Waals surface area contributed by atoms with Crippen LogP contribution in [0.5, 0.6) is 0 Å². The van der Waals surface area contributed by atoms with Crippen LogP contribution in [0.2, 0.25) is 5.28 Å². The fourth-order valence-electron chi connectivity index (χ4n) is 9.71. The van der Waals surface area contributed by atoms with Crippen molar-refractivity contribution in [3.8, 4) is 0 Å². The third kappa shape index (κ3) is 2.06. The molecule has 0 unspecified atom stereocenters. The van der Waals surface area contributed by atoms with Crippen LogP contribution in [0.4, 0.5) is 0 Å². The molecule has 9 rings (SSSR count). The highest BCUT2D eigenvalue weighted by Gasteiger charge is 2.56. The standard InChI is InChI=1S/C22H30ClN3O/c23-19-24-26(22-10-16-4-17(11-22)6-18(5-16)12-22)20(27)25(19)21-7-13-1-14(8-21)3-15(2-13)9-21/h13-18H,1-12H2. The van der Waals surface area contributed by atoms with Crippen molar-refractivity contribution >= 4 is 11.6 Å². The molecule has 0 amide bonds. The zero-order valence-electron chi connectivity index (χ0n) is 16.1. The topological polar surface area (TPSA) is 39.8 Å². The van der Waals surface area contributed by atoms with Gasteiger partial charge in [0.25, 0.3) is 0 Å². The molecule has 0 spiro atoms. The van der Waals surface area contributed by atoms with E-state index >= 15 is 0 Å². The first-order valence-electron chi connectivity index (χ1n) is 11.4. The van der Waals surface area contributed by atoms with Gasteiger partial charge in [-0.15, -0.1) is 5.10 Å². The summed E-state index contributed by atoms with van der Waals surface area (Å²) in [6.07, 6.45) is 15.3. The summed E-state index contributed by atoms with van der Waals surface area (Å²) in [5.74, 6) is 4.86. The fraction of sp³-hybridized carbons (Fsp3) is 0.909. The van der Waals surface area contributed by atoms with E-state index < -0.39 is 0 Å². The van der Waals surface area contributed by atoms with Crippen LogP contribution in [-0.2, 0) is 11.1 Å². The lowest BCUT2D eigenvalue weighted by molar-refractivity contribution is -0.0569. The first kappa shape index (κ1) is 16.1. The predicted octanol–water partition coefficient (Wildman–Crippen LogP) is 4.55. The van der Waals surface area contributed by atoms with Crippen LogP contribution in [0.15, 0.2) is 4.79 Å². The van der Waals surface area contributed by atoms with Crippen molar-refractivity contribution in [3.05, 3.63) is 15.8 Å². The summed E-state index contributed by atoms with van der Waals surface area (Å²) >= 11 is 6.76. The van der Waals surface area contributed by atoms with Crippen LogP contribution >= 0.6 is 11.6 Å². The molecule has 8 saturated carbocycles. The van der Waals surface area contributed by atoms with Crippen LogP contribution in [-0.4, -0.2) is 14.3 Å². The monoisotopic (exact) mass is 387 g/mol. The molecular weight excluding hydrogens is 358 g/mol. The summed E-state index contributed by atoms with van der Waals surface area (Å²) in [6, 6.07) is 0. The molecule has 0 saturated heterocycles. The van der Waals surface area contributed by atoms with Gasteiger partial charge >= 0.3 is 5.69 Å². The maximum Gasteiger partial charge on any atom is 0.347 e. The molecule has 8 fully saturated rings. The summed E-state index contributed by atoms with van der Waals surface area (Å²) in [5.41, 5.74) is 0.0795. The summed E-state index contributed by atoms with van der Waals surface area (Å²) in [5, 5.41) is 5.27. The van der Waals surface area contributed by atoms with Crippen molar-refractivity contribution in [2.75, 3.05) is 0 Å². The van der Waals surface area contributed by atoms with Gasteiger partial charge in [-0.1, -0.05) is 0 Å². The average Bonchev–Trinajstić information content (AvgIpc) is 2.88. The Hall–Kier alpha value is -0.770. The van der Waals surface area contributed by atoms with E-state index in [-0.39, 0.29) is 16.8 Å². The Morgan fingerprint density at radius 1 is 0.704 bits per heavy atom.